The lowest BCUT2D eigenvalue weighted by Gasteiger charge is -2.17. The first-order valence-corrected chi connectivity index (χ1v) is 6.04. The zero-order chi connectivity index (χ0) is 15.3. The Balaban J connectivity index is 2.89. The molecule has 1 heterocycles. The molecule has 0 bridgehead atoms. The highest BCUT2D eigenvalue weighted by Gasteiger charge is 2.29. The smallest absolute Gasteiger partial charge is 0.356 e. The van der Waals surface area contributed by atoms with Gasteiger partial charge in [-0.25, -0.2) is 4.79 Å². The lowest BCUT2D eigenvalue weighted by atomic mass is 10.0. The molecular formula is C12H18N2O6. The van der Waals surface area contributed by atoms with Gasteiger partial charge in [0.05, 0.1) is 32.4 Å². The number of nitrogens with zero attached hydrogens (tertiary/aromatic N) is 2. The van der Waals surface area contributed by atoms with E-state index in [1.807, 2.05) is 0 Å². The maximum Gasteiger partial charge on any atom is 0.356 e. The third kappa shape index (κ3) is 3.55. The van der Waals surface area contributed by atoms with E-state index in [-0.39, 0.29) is 24.3 Å². The molecule has 0 aliphatic carbocycles. The number of carbonyl (C=O) groups is 2. The van der Waals surface area contributed by atoms with Crippen LogP contribution in [0.5, 0.6) is 0 Å². The molecule has 0 aromatic carbocycles. The highest BCUT2D eigenvalue weighted by atomic mass is 16.5. The second-order valence-corrected chi connectivity index (χ2v) is 4.09. The molecule has 1 aromatic rings. The number of carbonyl (C=O) groups excluding carboxylic acids is 2. The zero-order valence-electron chi connectivity index (χ0n) is 11.6. The summed E-state index contributed by atoms with van der Waals surface area (Å²) >= 11 is 0. The van der Waals surface area contributed by atoms with Crippen molar-refractivity contribution < 1.29 is 29.3 Å². The average Bonchev–Trinajstić information content (AvgIpc) is 2.79. The van der Waals surface area contributed by atoms with Crippen LogP contribution in [0.1, 0.15) is 35.5 Å². The fraction of sp³-hybridized carbons (Fsp3) is 0.583. The first-order valence-electron chi connectivity index (χ1n) is 6.04. The molecule has 0 amide bonds. The van der Waals surface area contributed by atoms with Crippen molar-refractivity contribution in [2.75, 3.05) is 13.7 Å². The summed E-state index contributed by atoms with van der Waals surface area (Å²) in [4.78, 5) is 22.9. The van der Waals surface area contributed by atoms with Gasteiger partial charge in [-0.1, -0.05) is 0 Å². The second-order valence-electron chi connectivity index (χ2n) is 4.09. The summed E-state index contributed by atoms with van der Waals surface area (Å²) in [5.41, 5.74) is 0.110. The van der Waals surface area contributed by atoms with Crippen LogP contribution in [0.2, 0.25) is 0 Å². The third-order valence-corrected chi connectivity index (χ3v) is 2.71. The van der Waals surface area contributed by atoms with Crippen LogP contribution in [-0.4, -0.2) is 51.8 Å². The van der Waals surface area contributed by atoms with E-state index in [1.54, 1.807) is 6.92 Å². The van der Waals surface area contributed by atoms with Gasteiger partial charge < -0.3 is 19.7 Å². The molecule has 0 radical (unpaired) electrons. The Kier molecular flexibility index (Phi) is 5.66. The molecule has 2 atom stereocenters. The Bertz CT molecular complexity index is 484. The Labute approximate surface area is 115 Å². The number of aromatic nitrogens is 2. The molecule has 2 N–H and O–H groups in total. The van der Waals surface area contributed by atoms with Crippen LogP contribution in [0.15, 0.2) is 6.20 Å². The van der Waals surface area contributed by atoms with E-state index in [0.717, 1.165) is 0 Å². The molecule has 2 unspecified atom stereocenters. The maximum absolute atomic E-state index is 11.6. The molecule has 0 spiro atoms. The van der Waals surface area contributed by atoms with E-state index < -0.39 is 24.1 Å². The van der Waals surface area contributed by atoms with Gasteiger partial charge in [-0.2, -0.15) is 5.10 Å². The normalized spacial score (nSPS) is 13.7. The number of aliphatic hydroxyl groups is 2. The van der Waals surface area contributed by atoms with Crippen LogP contribution in [0.4, 0.5) is 0 Å². The van der Waals surface area contributed by atoms with E-state index in [4.69, 9.17) is 0 Å². The fourth-order valence-corrected chi connectivity index (χ4v) is 1.73. The van der Waals surface area contributed by atoms with Gasteiger partial charge in [-0.3, -0.25) is 9.48 Å². The number of aryl methyl sites for hydroxylation is 1. The minimum Gasteiger partial charge on any atom is -0.466 e. The van der Waals surface area contributed by atoms with Crippen molar-refractivity contribution in [1.29, 1.82) is 0 Å². The molecule has 1 aromatic heterocycles. The van der Waals surface area contributed by atoms with E-state index in [1.165, 1.54) is 25.0 Å². The molecule has 0 aliphatic heterocycles. The number of rotatable bonds is 6. The fourth-order valence-electron chi connectivity index (χ4n) is 1.73. The first-order chi connectivity index (χ1) is 9.42. The van der Waals surface area contributed by atoms with E-state index in [9.17, 15) is 19.8 Å². The summed E-state index contributed by atoms with van der Waals surface area (Å²) < 4.78 is 10.5. The molecule has 0 saturated carbocycles. The lowest BCUT2D eigenvalue weighted by molar-refractivity contribution is -0.147. The van der Waals surface area contributed by atoms with Crippen molar-refractivity contribution in [2.24, 2.45) is 7.05 Å². The van der Waals surface area contributed by atoms with Crippen molar-refractivity contribution in [1.82, 2.24) is 9.78 Å². The van der Waals surface area contributed by atoms with Crippen molar-refractivity contribution >= 4 is 11.9 Å². The van der Waals surface area contributed by atoms with E-state index >= 15 is 0 Å². The zero-order valence-corrected chi connectivity index (χ0v) is 11.6. The number of esters is 2. The third-order valence-electron chi connectivity index (χ3n) is 2.71. The van der Waals surface area contributed by atoms with Gasteiger partial charge in [0.1, 0.15) is 6.10 Å². The van der Waals surface area contributed by atoms with Crippen LogP contribution in [0, 0.1) is 0 Å². The van der Waals surface area contributed by atoms with Crippen LogP contribution < -0.4 is 0 Å². The molecule has 0 saturated heterocycles. The maximum atomic E-state index is 11.6. The molecule has 0 aliphatic rings. The second kappa shape index (κ2) is 7.01. The van der Waals surface area contributed by atoms with Crippen molar-refractivity contribution in [2.45, 2.75) is 25.6 Å². The number of ether oxygens (including phenoxy) is 2. The number of hydrogen-bond donors (Lipinski definition) is 2. The van der Waals surface area contributed by atoms with Gasteiger partial charge in [0.25, 0.3) is 0 Å². The lowest BCUT2D eigenvalue weighted by Crippen LogP contribution is -2.25. The molecular weight excluding hydrogens is 268 g/mol. The SMILES string of the molecule is CCOC(=O)CC(O)C(O)c1cnn(C)c1C(=O)OC. The Hall–Kier alpha value is -1.93. The Morgan fingerprint density at radius 2 is 2.10 bits per heavy atom. The topological polar surface area (TPSA) is 111 Å². The largest absolute Gasteiger partial charge is 0.466 e. The van der Waals surface area contributed by atoms with Crippen molar-refractivity contribution in [3.63, 3.8) is 0 Å². The standard InChI is InChI=1S/C12H18N2O6/c1-4-20-9(16)5-8(15)11(17)7-6-13-14(2)10(7)12(18)19-3/h6,8,11,15,17H,4-5H2,1-3H3. The molecule has 8 heteroatoms. The molecule has 112 valence electrons. The van der Waals surface area contributed by atoms with Crippen LogP contribution in [-0.2, 0) is 21.3 Å². The Morgan fingerprint density at radius 3 is 2.65 bits per heavy atom. The summed E-state index contributed by atoms with van der Waals surface area (Å²) in [7, 11) is 2.70. The molecule has 8 nitrogen and oxygen atoms in total. The molecule has 20 heavy (non-hydrogen) atoms. The van der Waals surface area contributed by atoms with Gasteiger partial charge in [0.15, 0.2) is 5.69 Å². The minimum absolute atomic E-state index is 0.0166. The average molecular weight is 286 g/mol. The summed E-state index contributed by atoms with van der Waals surface area (Å²) in [6.07, 6.45) is -1.99. The minimum atomic E-state index is -1.44. The quantitative estimate of drug-likeness (QED) is 0.681. The predicted molar refractivity (Wildman–Crippen MR) is 66.8 cm³/mol. The predicted octanol–water partition coefficient (Wildman–Crippen LogP) is -0.446. The van der Waals surface area contributed by atoms with E-state index in [0.29, 0.717) is 0 Å². The Morgan fingerprint density at radius 1 is 1.45 bits per heavy atom. The van der Waals surface area contributed by atoms with Gasteiger partial charge in [-0.05, 0) is 6.92 Å². The van der Waals surface area contributed by atoms with Gasteiger partial charge in [0, 0.05) is 12.6 Å². The number of methoxy groups -OCH3 is 1. The highest BCUT2D eigenvalue weighted by molar-refractivity contribution is 5.89. The van der Waals surface area contributed by atoms with Crippen LogP contribution in [0.25, 0.3) is 0 Å². The van der Waals surface area contributed by atoms with Crippen LogP contribution in [0.3, 0.4) is 0 Å². The van der Waals surface area contributed by atoms with Crippen molar-refractivity contribution in [3.05, 3.63) is 17.5 Å². The highest BCUT2D eigenvalue weighted by Crippen LogP contribution is 2.23. The molecule has 1 rings (SSSR count). The number of aliphatic hydroxyl groups excluding tert-OH is 2. The van der Waals surface area contributed by atoms with Gasteiger partial charge >= 0.3 is 11.9 Å². The summed E-state index contributed by atoms with van der Waals surface area (Å²) in [6.45, 7) is 1.82. The number of hydrogen-bond acceptors (Lipinski definition) is 7. The summed E-state index contributed by atoms with van der Waals surface area (Å²) in [6, 6.07) is 0. The first kappa shape index (κ1) is 16.1. The summed E-state index contributed by atoms with van der Waals surface area (Å²) in [5.74, 6) is -1.33. The van der Waals surface area contributed by atoms with Gasteiger partial charge in [-0.15, -0.1) is 0 Å². The monoisotopic (exact) mass is 286 g/mol. The summed E-state index contributed by atoms with van der Waals surface area (Å²) in [5, 5.41) is 23.7. The van der Waals surface area contributed by atoms with Crippen LogP contribution >= 0.6 is 0 Å². The van der Waals surface area contributed by atoms with E-state index in [2.05, 4.69) is 14.6 Å². The van der Waals surface area contributed by atoms with Crippen molar-refractivity contribution in [3.8, 4) is 0 Å². The molecule has 0 fully saturated rings. The van der Waals surface area contributed by atoms with Gasteiger partial charge in [0.2, 0.25) is 0 Å².